The minimum Gasteiger partial charge on any atom is -0.494 e. The molecule has 3 atom stereocenters. The van der Waals surface area contributed by atoms with Crippen molar-refractivity contribution >= 4 is 11.6 Å². The third-order valence-electron chi connectivity index (χ3n) is 7.73. The highest BCUT2D eigenvalue weighted by Crippen LogP contribution is 2.39. The van der Waals surface area contributed by atoms with Gasteiger partial charge in [0.1, 0.15) is 5.75 Å². The Labute approximate surface area is 244 Å². The van der Waals surface area contributed by atoms with Gasteiger partial charge in [-0.15, -0.1) is 0 Å². The van der Waals surface area contributed by atoms with Crippen LogP contribution < -0.4 is 4.74 Å². The van der Waals surface area contributed by atoms with Crippen LogP contribution >= 0.6 is 11.6 Å². The van der Waals surface area contributed by atoms with Crippen LogP contribution in [0.5, 0.6) is 5.75 Å². The van der Waals surface area contributed by atoms with Crippen molar-refractivity contribution in [3.8, 4) is 5.75 Å². The molecule has 0 heterocycles. The Morgan fingerprint density at radius 1 is 0.725 bits per heavy atom. The number of benzene rings is 4. The van der Waals surface area contributed by atoms with Crippen molar-refractivity contribution in [2.45, 2.75) is 57.8 Å². The molecule has 1 fully saturated rings. The molecule has 0 amide bonds. The molecular weight excluding hydrogens is 516 g/mol. The summed E-state index contributed by atoms with van der Waals surface area (Å²) in [5, 5.41) is 0.813. The van der Waals surface area contributed by atoms with E-state index in [1.165, 1.54) is 22.3 Å². The average Bonchev–Trinajstić information content (AvgIpc) is 2.99. The smallest absolute Gasteiger partial charge is 0.119 e. The Morgan fingerprint density at radius 3 is 2.12 bits per heavy atom. The second-order valence-electron chi connectivity index (χ2n) is 10.8. The van der Waals surface area contributed by atoms with E-state index in [2.05, 4.69) is 78.9 Å². The van der Waals surface area contributed by atoms with Crippen LogP contribution in [0.15, 0.2) is 103 Å². The highest BCUT2D eigenvalue weighted by atomic mass is 35.5. The monoisotopic (exact) mass is 554 g/mol. The normalized spacial score (nSPS) is 18.9. The van der Waals surface area contributed by atoms with Crippen molar-refractivity contribution in [2.75, 3.05) is 13.2 Å². The van der Waals surface area contributed by atoms with Gasteiger partial charge < -0.3 is 14.2 Å². The van der Waals surface area contributed by atoms with Gasteiger partial charge in [-0.25, -0.2) is 0 Å². The zero-order chi connectivity index (χ0) is 27.6. The zero-order valence-corrected chi connectivity index (χ0v) is 24.1. The molecule has 0 N–H and O–H groups in total. The van der Waals surface area contributed by atoms with Crippen LogP contribution in [-0.4, -0.2) is 19.3 Å². The molecule has 5 rings (SSSR count). The summed E-state index contributed by atoms with van der Waals surface area (Å²) in [6.07, 6.45) is 4.10. The summed E-state index contributed by atoms with van der Waals surface area (Å²) in [5.74, 6) is 1.74. The van der Waals surface area contributed by atoms with E-state index < -0.39 is 0 Å². The Balaban J connectivity index is 1.28. The van der Waals surface area contributed by atoms with Crippen LogP contribution in [0.4, 0.5) is 0 Å². The van der Waals surface area contributed by atoms with Crippen molar-refractivity contribution in [3.63, 3.8) is 0 Å². The fourth-order valence-corrected chi connectivity index (χ4v) is 5.89. The van der Waals surface area contributed by atoms with E-state index in [0.717, 1.165) is 48.6 Å². The molecule has 4 aromatic rings. The van der Waals surface area contributed by atoms with E-state index in [1.54, 1.807) is 0 Å². The van der Waals surface area contributed by atoms with Crippen LogP contribution in [0.25, 0.3) is 0 Å². The highest BCUT2D eigenvalue weighted by Gasteiger charge is 2.31. The first-order valence-corrected chi connectivity index (χ1v) is 14.8. The third kappa shape index (κ3) is 8.20. The summed E-state index contributed by atoms with van der Waals surface area (Å²) in [6.45, 7) is 4.69. The largest absolute Gasteiger partial charge is 0.494 e. The lowest BCUT2D eigenvalue weighted by molar-refractivity contribution is -0.0238. The summed E-state index contributed by atoms with van der Waals surface area (Å²) in [5.41, 5.74) is 6.15. The number of rotatable bonds is 12. The number of hydrogen-bond donors (Lipinski definition) is 0. The summed E-state index contributed by atoms with van der Waals surface area (Å²) in [6, 6.07) is 35.8. The topological polar surface area (TPSA) is 27.7 Å². The van der Waals surface area contributed by atoms with Gasteiger partial charge >= 0.3 is 0 Å². The first-order valence-electron chi connectivity index (χ1n) is 14.4. The van der Waals surface area contributed by atoms with Gasteiger partial charge in [-0.2, -0.15) is 0 Å². The minimum atomic E-state index is 0.189. The lowest BCUT2D eigenvalue weighted by Gasteiger charge is -2.35. The predicted octanol–water partition coefficient (Wildman–Crippen LogP) is 9.02. The van der Waals surface area contributed by atoms with Crippen LogP contribution in [0, 0.1) is 5.92 Å². The Bertz CT molecular complexity index is 1310. The van der Waals surface area contributed by atoms with Crippen LogP contribution in [0.1, 0.15) is 59.9 Å². The minimum absolute atomic E-state index is 0.189. The van der Waals surface area contributed by atoms with Gasteiger partial charge in [0.25, 0.3) is 0 Å². The second kappa shape index (κ2) is 14.5. The van der Waals surface area contributed by atoms with E-state index in [4.69, 9.17) is 25.8 Å². The van der Waals surface area contributed by atoms with Crippen molar-refractivity contribution in [1.82, 2.24) is 0 Å². The molecule has 0 radical (unpaired) electrons. The Hall–Kier alpha value is -3.11. The van der Waals surface area contributed by atoms with Crippen molar-refractivity contribution in [2.24, 2.45) is 5.92 Å². The van der Waals surface area contributed by atoms with Gasteiger partial charge in [0.2, 0.25) is 0 Å². The number of ether oxygens (including phenoxy) is 3. The average molecular weight is 555 g/mol. The first kappa shape index (κ1) is 28.4. The first-order chi connectivity index (χ1) is 19.7. The second-order valence-corrected chi connectivity index (χ2v) is 11.2. The summed E-state index contributed by atoms with van der Waals surface area (Å²) < 4.78 is 18.3. The number of hydrogen-bond acceptors (Lipinski definition) is 3. The van der Waals surface area contributed by atoms with Crippen molar-refractivity contribution < 1.29 is 14.2 Å². The lowest BCUT2D eigenvalue weighted by atomic mass is 9.76. The molecule has 0 aliphatic heterocycles. The summed E-state index contributed by atoms with van der Waals surface area (Å²) in [4.78, 5) is 0. The maximum Gasteiger partial charge on any atom is 0.119 e. The summed E-state index contributed by atoms with van der Waals surface area (Å²) in [7, 11) is 0. The molecule has 4 heteroatoms. The SMILES string of the molecule is CCOc1ccc(Cc2cc([C@@H]3CC(COCc4ccccc4)C[C@H](OCc4ccccc4)C3)ccc2Cl)cc1. The van der Waals surface area contributed by atoms with Crippen molar-refractivity contribution in [3.05, 3.63) is 136 Å². The lowest BCUT2D eigenvalue weighted by Crippen LogP contribution is -2.30. The molecule has 1 saturated carbocycles. The Kier molecular flexibility index (Phi) is 10.3. The fraction of sp³-hybridized carbons (Fsp3) is 0.333. The van der Waals surface area contributed by atoms with E-state index in [-0.39, 0.29) is 6.10 Å². The summed E-state index contributed by atoms with van der Waals surface area (Å²) >= 11 is 6.70. The van der Waals surface area contributed by atoms with Gasteiger partial charge in [0.05, 0.1) is 25.9 Å². The quantitative estimate of drug-likeness (QED) is 0.175. The van der Waals surface area contributed by atoms with Gasteiger partial charge in [0, 0.05) is 11.6 Å². The molecular formula is C36H39ClO3. The fourth-order valence-electron chi connectivity index (χ4n) is 5.70. The molecule has 0 aromatic heterocycles. The molecule has 40 heavy (non-hydrogen) atoms. The molecule has 1 aliphatic carbocycles. The third-order valence-corrected chi connectivity index (χ3v) is 8.09. The van der Waals surface area contributed by atoms with Gasteiger partial charge in [-0.3, -0.25) is 0 Å². The van der Waals surface area contributed by atoms with E-state index in [9.17, 15) is 0 Å². The van der Waals surface area contributed by atoms with E-state index >= 15 is 0 Å². The molecule has 3 nitrogen and oxygen atoms in total. The molecule has 4 aromatic carbocycles. The Morgan fingerprint density at radius 2 is 1.43 bits per heavy atom. The highest BCUT2D eigenvalue weighted by molar-refractivity contribution is 6.31. The number of halogens is 1. The molecule has 0 saturated heterocycles. The molecule has 0 spiro atoms. The van der Waals surface area contributed by atoms with Gasteiger partial charge in [-0.1, -0.05) is 96.5 Å². The van der Waals surface area contributed by atoms with Crippen LogP contribution in [0.3, 0.4) is 0 Å². The standard InChI is InChI=1S/C36H39ClO3/c1-2-39-34-16-13-27(14-17-34)19-33-22-31(15-18-36(33)37)32-20-30(25-38-24-28-9-5-3-6-10-28)21-35(23-32)40-26-29-11-7-4-8-12-29/h3-18,22,30,32,35H,2,19-21,23-26H2,1H3/t30?,32-,35+/m1/s1. The molecule has 0 bridgehead atoms. The molecule has 208 valence electrons. The van der Waals surface area contributed by atoms with Crippen LogP contribution in [-0.2, 0) is 29.1 Å². The van der Waals surface area contributed by atoms with E-state index in [0.29, 0.717) is 31.7 Å². The van der Waals surface area contributed by atoms with Crippen molar-refractivity contribution in [1.29, 1.82) is 0 Å². The van der Waals surface area contributed by atoms with Gasteiger partial charge in [0.15, 0.2) is 0 Å². The van der Waals surface area contributed by atoms with Gasteiger partial charge in [-0.05, 0) is 90.5 Å². The maximum atomic E-state index is 6.70. The predicted molar refractivity (Wildman–Crippen MR) is 163 cm³/mol. The van der Waals surface area contributed by atoms with Crippen LogP contribution in [0.2, 0.25) is 5.02 Å². The molecule has 1 aliphatic rings. The maximum absolute atomic E-state index is 6.70. The zero-order valence-electron chi connectivity index (χ0n) is 23.3. The van der Waals surface area contributed by atoms with E-state index in [1.807, 2.05) is 31.2 Å². The molecule has 1 unspecified atom stereocenters.